The van der Waals surface area contributed by atoms with Crippen LogP contribution >= 0.6 is 12.6 Å². The van der Waals surface area contributed by atoms with Crippen LogP contribution in [0.25, 0.3) is 0 Å². The SMILES string of the molecule is N#CC1=C(S)N=C(N)C(C#N)C12CCCCC2. The summed E-state index contributed by atoms with van der Waals surface area (Å²) in [7, 11) is 0. The maximum absolute atomic E-state index is 9.31. The van der Waals surface area contributed by atoms with E-state index in [9.17, 15) is 10.5 Å². The number of nitrogens with zero attached hydrogens (tertiary/aromatic N) is 3. The summed E-state index contributed by atoms with van der Waals surface area (Å²) in [4.78, 5) is 4.03. The topological polar surface area (TPSA) is 86.0 Å². The molecule has 5 heteroatoms. The highest BCUT2D eigenvalue weighted by Crippen LogP contribution is 2.51. The second-order valence-corrected chi connectivity index (χ2v) is 5.05. The lowest BCUT2D eigenvalue weighted by Crippen LogP contribution is -2.44. The van der Waals surface area contributed by atoms with E-state index in [1.165, 1.54) is 0 Å². The Morgan fingerprint density at radius 3 is 2.47 bits per heavy atom. The summed E-state index contributed by atoms with van der Waals surface area (Å²) >= 11 is 4.24. The molecular weight excluding hydrogens is 232 g/mol. The molecule has 0 saturated heterocycles. The van der Waals surface area contributed by atoms with Gasteiger partial charge in [-0.25, -0.2) is 4.99 Å². The van der Waals surface area contributed by atoms with Gasteiger partial charge in [0.1, 0.15) is 16.8 Å². The molecule has 2 aliphatic rings. The monoisotopic (exact) mass is 246 g/mol. The second kappa shape index (κ2) is 4.43. The molecular formula is C12H14N4S. The second-order valence-electron chi connectivity index (χ2n) is 4.63. The number of rotatable bonds is 0. The van der Waals surface area contributed by atoms with Crippen LogP contribution in [0, 0.1) is 34.0 Å². The van der Waals surface area contributed by atoms with Crippen molar-refractivity contribution in [3.05, 3.63) is 10.6 Å². The van der Waals surface area contributed by atoms with Gasteiger partial charge in [0.05, 0.1) is 17.7 Å². The first-order valence-electron chi connectivity index (χ1n) is 5.73. The Kier molecular flexibility index (Phi) is 3.13. The summed E-state index contributed by atoms with van der Waals surface area (Å²) in [5.74, 6) is -0.174. The van der Waals surface area contributed by atoms with Crippen LogP contribution in [0.5, 0.6) is 0 Å². The quantitative estimate of drug-likeness (QED) is 0.642. The highest BCUT2D eigenvalue weighted by atomic mass is 32.1. The van der Waals surface area contributed by atoms with E-state index >= 15 is 0 Å². The first kappa shape index (κ1) is 12.0. The minimum absolute atomic E-state index is 0.304. The van der Waals surface area contributed by atoms with Gasteiger partial charge in [-0.1, -0.05) is 19.3 Å². The third kappa shape index (κ3) is 1.71. The molecule has 4 nitrogen and oxygen atoms in total. The molecule has 1 spiro atoms. The van der Waals surface area contributed by atoms with Gasteiger partial charge in [0, 0.05) is 5.41 Å². The number of thiol groups is 1. The predicted octanol–water partition coefficient (Wildman–Crippen LogP) is 2.11. The van der Waals surface area contributed by atoms with E-state index in [2.05, 4.69) is 29.8 Å². The van der Waals surface area contributed by atoms with Crippen LogP contribution in [0.3, 0.4) is 0 Å². The molecule has 1 aliphatic carbocycles. The molecule has 1 aliphatic heterocycles. The van der Waals surface area contributed by atoms with Crippen molar-refractivity contribution in [2.75, 3.05) is 0 Å². The number of hydrogen-bond donors (Lipinski definition) is 2. The lowest BCUT2D eigenvalue weighted by molar-refractivity contribution is 0.215. The Hall–Kier alpha value is -1.46. The highest BCUT2D eigenvalue weighted by molar-refractivity contribution is 7.84. The van der Waals surface area contributed by atoms with Crippen LogP contribution in [0.2, 0.25) is 0 Å². The van der Waals surface area contributed by atoms with Gasteiger partial charge in [-0.15, -0.1) is 12.6 Å². The van der Waals surface area contributed by atoms with Crippen molar-refractivity contribution in [1.82, 2.24) is 0 Å². The Morgan fingerprint density at radius 1 is 1.29 bits per heavy atom. The zero-order chi connectivity index (χ0) is 12.5. The largest absolute Gasteiger partial charge is 0.386 e. The smallest absolute Gasteiger partial charge is 0.119 e. The standard InChI is InChI=1S/C12H14N4S/c13-6-8-10(15)16-11(17)9(7-14)12(8)4-2-1-3-5-12/h8,17H,1-5H2,(H2,15,16). The van der Waals surface area contributed by atoms with Crippen LogP contribution in [0.15, 0.2) is 15.6 Å². The average Bonchev–Trinajstić information content (AvgIpc) is 2.30. The molecule has 2 rings (SSSR count). The summed E-state index contributed by atoms with van der Waals surface area (Å²) in [6.07, 6.45) is 4.86. The first-order valence-corrected chi connectivity index (χ1v) is 6.18. The lowest BCUT2D eigenvalue weighted by atomic mass is 9.61. The van der Waals surface area contributed by atoms with E-state index in [1.54, 1.807) is 0 Å². The molecule has 0 radical (unpaired) electrons. The molecule has 2 N–H and O–H groups in total. The first-order chi connectivity index (χ1) is 8.15. The Morgan fingerprint density at radius 2 is 1.94 bits per heavy atom. The third-order valence-electron chi connectivity index (χ3n) is 3.79. The van der Waals surface area contributed by atoms with E-state index in [0.29, 0.717) is 16.4 Å². The number of nitriles is 2. The van der Waals surface area contributed by atoms with Crippen LogP contribution in [0.1, 0.15) is 32.1 Å². The normalized spacial score (nSPS) is 27.2. The fourth-order valence-corrected chi connectivity index (χ4v) is 3.35. The summed E-state index contributed by atoms with van der Waals surface area (Å²) in [5, 5.41) is 19.0. The van der Waals surface area contributed by atoms with Gasteiger partial charge < -0.3 is 5.73 Å². The van der Waals surface area contributed by atoms with Crippen LogP contribution < -0.4 is 5.73 Å². The fraction of sp³-hybridized carbons (Fsp3) is 0.583. The van der Waals surface area contributed by atoms with Crippen molar-refractivity contribution < 1.29 is 0 Å². The molecule has 1 fully saturated rings. The van der Waals surface area contributed by atoms with E-state index in [1.807, 2.05) is 0 Å². The van der Waals surface area contributed by atoms with Crippen LogP contribution in [0.4, 0.5) is 0 Å². The maximum Gasteiger partial charge on any atom is 0.119 e. The summed E-state index contributed by atoms with van der Waals surface area (Å²) < 4.78 is 0. The molecule has 17 heavy (non-hydrogen) atoms. The van der Waals surface area contributed by atoms with E-state index in [-0.39, 0.29) is 0 Å². The summed E-state index contributed by atoms with van der Waals surface area (Å²) in [6.45, 7) is 0. The van der Waals surface area contributed by atoms with E-state index in [0.717, 1.165) is 32.1 Å². The van der Waals surface area contributed by atoms with Crippen molar-refractivity contribution in [2.45, 2.75) is 32.1 Å². The molecule has 88 valence electrons. The van der Waals surface area contributed by atoms with E-state index in [4.69, 9.17) is 5.73 Å². The van der Waals surface area contributed by atoms with Crippen molar-refractivity contribution in [2.24, 2.45) is 22.1 Å². The number of allylic oxidation sites excluding steroid dienone is 1. The summed E-state index contributed by atoms with van der Waals surface area (Å²) in [6, 6.07) is 4.41. The van der Waals surface area contributed by atoms with Gasteiger partial charge in [0.2, 0.25) is 0 Å². The summed E-state index contributed by atoms with van der Waals surface area (Å²) in [5.41, 5.74) is 5.94. The molecule has 0 bridgehead atoms. The lowest BCUT2D eigenvalue weighted by Gasteiger charge is -2.42. The Balaban J connectivity index is 2.56. The third-order valence-corrected chi connectivity index (χ3v) is 4.12. The van der Waals surface area contributed by atoms with Crippen LogP contribution in [-0.2, 0) is 0 Å². The molecule has 0 aromatic heterocycles. The van der Waals surface area contributed by atoms with Crippen molar-refractivity contribution in [1.29, 1.82) is 10.5 Å². The minimum Gasteiger partial charge on any atom is -0.386 e. The van der Waals surface area contributed by atoms with Gasteiger partial charge >= 0.3 is 0 Å². The van der Waals surface area contributed by atoms with Gasteiger partial charge in [0.25, 0.3) is 0 Å². The van der Waals surface area contributed by atoms with Gasteiger partial charge in [0.15, 0.2) is 0 Å². The Labute approximate surface area is 106 Å². The van der Waals surface area contributed by atoms with Crippen molar-refractivity contribution in [3.8, 4) is 12.1 Å². The number of amidine groups is 1. The molecule has 0 aromatic rings. The molecule has 0 amide bonds. The molecule has 1 unspecified atom stereocenters. The van der Waals surface area contributed by atoms with Crippen molar-refractivity contribution in [3.63, 3.8) is 0 Å². The highest BCUT2D eigenvalue weighted by Gasteiger charge is 2.48. The zero-order valence-corrected chi connectivity index (χ0v) is 10.4. The number of hydrogen-bond acceptors (Lipinski definition) is 5. The van der Waals surface area contributed by atoms with Gasteiger partial charge in [-0.3, -0.25) is 0 Å². The average molecular weight is 246 g/mol. The van der Waals surface area contributed by atoms with Gasteiger partial charge in [-0.05, 0) is 12.8 Å². The Bertz CT molecular complexity index is 472. The maximum atomic E-state index is 9.31. The van der Waals surface area contributed by atoms with Crippen LogP contribution in [-0.4, -0.2) is 5.84 Å². The predicted molar refractivity (Wildman–Crippen MR) is 67.9 cm³/mol. The van der Waals surface area contributed by atoms with E-state index < -0.39 is 11.3 Å². The minimum atomic E-state index is -0.478. The molecule has 1 atom stereocenters. The molecule has 0 aromatic carbocycles. The fourth-order valence-electron chi connectivity index (χ4n) is 2.97. The molecule has 1 saturated carbocycles. The van der Waals surface area contributed by atoms with Crippen molar-refractivity contribution >= 4 is 18.5 Å². The number of nitrogens with two attached hydrogens (primary N) is 1. The van der Waals surface area contributed by atoms with Gasteiger partial charge in [-0.2, -0.15) is 10.5 Å². The number of aliphatic imine (C=N–C) groups is 1. The zero-order valence-electron chi connectivity index (χ0n) is 9.48. The molecule has 1 heterocycles.